The lowest BCUT2D eigenvalue weighted by Gasteiger charge is -2.15. The maximum atomic E-state index is 5.49. The van der Waals surface area contributed by atoms with Crippen molar-refractivity contribution in [3.05, 3.63) is 65.2 Å². The highest BCUT2D eigenvalue weighted by Crippen LogP contribution is 2.35. The molecule has 0 bridgehead atoms. The van der Waals surface area contributed by atoms with Gasteiger partial charge in [-0.3, -0.25) is 4.90 Å². The van der Waals surface area contributed by atoms with Gasteiger partial charge in [0.1, 0.15) is 16.5 Å². The summed E-state index contributed by atoms with van der Waals surface area (Å²) in [6.07, 6.45) is 0. The molecular formula is C20H22N2O2S. The Morgan fingerprint density at radius 1 is 1.00 bits per heavy atom. The third-order valence-corrected chi connectivity index (χ3v) is 4.84. The molecule has 0 aliphatic carbocycles. The van der Waals surface area contributed by atoms with Crippen molar-refractivity contribution in [2.24, 2.45) is 0 Å². The second-order valence-electron chi connectivity index (χ2n) is 5.87. The smallest absolute Gasteiger partial charge is 0.132 e. The number of thiazole rings is 1. The van der Waals surface area contributed by atoms with Gasteiger partial charge in [0.05, 0.1) is 25.5 Å². The SMILES string of the molecule is COc1ccc(-c2nc(CN(C)Cc3ccccc3)cs2)c(OC)c1. The fourth-order valence-electron chi connectivity index (χ4n) is 2.71. The fraction of sp³-hybridized carbons (Fsp3) is 0.250. The van der Waals surface area contributed by atoms with Gasteiger partial charge in [-0.25, -0.2) is 4.98 Å². The van der Waals surface area contributed by atoms with Crippen LogP contribution in [0.5, 0.6) is 11.5 Å². The number of nitrogens with zero attached hydrogens (tertiary/aromatic N) is 2. The van der Waals surface area contributed by atoms with Crippen LogP contribution in [-0.4, -0.2) is 31.2 Å². The van der Waals surface area contributed by atoms with Crippen LogP contribution < -0.4 is 9.47 Å². The Morgan fingerprint density at radius 3 is 2.52 bits per heavy atom. The Bertz CT molecular complexity index is 818. The van der Waals surface area contributed by atoms with E-state index in [2.05, 4.69) is 41.6 Å². The molecule has 0 amide bonds. The molecule has 3 aromatic rings. The van der Waals surface area contributed by atoms with Crippen LogP contribution >= 0.6 is 11.3 Å². The van der Waals surface area contributed by atoms with Gasteiger partial charge in [-0.1, -0.05) is 30.3 Å². The molecule has 2 aromatic carbocycles. The average Bonchev–Trinajstić information content (AvgIpc) is 3.10. The molecule has 0 radical (unpaired) electrons. The summed E-state index contributed by atoms with van der Waals surface area (Å²) >= 11 is 1.64. The van der Waals surface area contributed by atoms with Gasteiger partial charge < -0.3 is 9.47 Å². The van der Waals surface area contributed by atoms with Crippen molar-refractivity contribution in [3.8, 4) is 22.1 Å². The zero-order chi connectivity index (χ0) is 17.6. The van der Waals surface area contributed by atoms with Gasteiger partial charge in [-0.2, -0.15) is 0 Å². The molecule has 3 rings (SSSR count). The molecule has 0 spiro atoms. The minimum Gasteiger partial charge on any atom is -0.497 e. The van der Waals surface area contributed by atoms with Gasteiger partial charge >= 0.3 is 0 Å². The molecule has 4 nitrogen and oxygen atoms in total. The van der Waals surface area contributed by atoms with Crippen LogP contribution in [0.2, 0.25) is 0 Å². The first-order chi connectivity index (χ1) is 12.2. The van der Waals surface area contributed by atoms with Crippen molar-refractivity contribution in [3.63, 3.8) is 0 Å². The zero-order valence-corrected chi connectivity index (χ0v) is 15.5. The summed E-state index contributed by atoms with van der Waals surface area (Å²) < 4.78 is 10.7. The Balaban J connectivity index is 1.72. The third kappa shape index (κ3) is 4.38. The molecule has 0 atom stereocenters. The van der Waals surface area contributed by atoms with E-state index in [0.29, 0.717) is 0 Å². The molecule has 5 heteroatoms. The highest BCUT2D eigenvalue weighted by atomic mass is 32.1. The quantitative estimate of drug-likeness (QED) is 0.627. The van der Waals surface area contributed by atoms with Crippen molar-refractivity contribution >= 4 is 11.3 Å². The Hall–Kier alpha value is -2.37. The first kappa shape index (κ1) is 17.5. The molecule has 0 aliphatic heterocycles. The standard InChI is InChI=1S/C20H22N2O2S/c1-22(12-15-7-5-4-6-8-15)13-16-14-25-20(21-16)18-10-9-17(23-2)11-19(18)24-3/h4-11,14H,12-13H2,1-3H3. The molecule has 0 N–H and O–H groups in total. The molecule has 130 valence electrons. The van der Waals surface area contributed by atoms with E-state index >= 15 is 0 Å². The molecule has 0 fully saturated rings. The van der Waals surface area contributed by atoms with E-state index < -0.39 is 0 Å². The molecular weight excluding hydrogens is 332 g/mol. The minimum atomic E-state index is 0.776. The van der Waals surface area contributed by atoms with E-state index in [1.807, 2.05) is 24.3 Å². The van der Waals surface area contributed by atoms with E-state index in [0.717, 1.165) is 40.9 Å². The Kier molecular flexibility index (Phi) is 5.68. The van der Waals surface area contributed by atoms with Crippen LogP contribution in [0.1, 0.15) is 11.3 Å². The van der Waals surface area contributed by atoms with Gasteiger partial charge in [0.15, 0.2) is 0 Å². The van der Waals surface area contributed by atoms with E-state index in [9.17, 15) is 0 Å². The predicted molar refractivity (Wildman–Crippen MR) is 102 cm³/mol. The number of benzene rings is 2. The van der Waals surface area contributed by atoms with Crippen LogP contribution in [-0.2, 0) is 13.1 Å². The number of methoxy groups -OCH3 is 2. The lowest BCUT2D eigenvalue weighted by Crippen LogP contribution is -2.17. The van der Waals surface area contributed by atoms with Crippen molar-refractivity contribution in [2.75, 3.05) is 21.3 Å². The molecule has 1 heterocycles. The van der Waals surface area contributed by atoms with Crippen molar-refractivity contribution in [1.82, 2.24) is 9.88 Å². The second-order valence-corrected chi connectivity index (χ2v) is 6.73. The van der Waals surface area contributed by atoms with Crippen LogP contribution in [0.4, 0.5) is 0 Å². The molecule has 0 aliphatic rings. The van der Waals surface area contributed by atoms with E-state index in [-0.39, 0.29) is 0 Å². The topological polar surface area (TPSA) is 34.6 Å². The van der Waals surface area contributed by atoms with Crippen molar-refractivity contribution < 1.29 is 9.47 Å². The highest BCUT2D eigenvalue weighted by molar-refractivity contribution is 7.13. The molecule has 0 saturated heterocycles. The summed E-state index contributed by atoms with van der Waals surface area (Å²) in [6.45, 7) is 1.71. The number of rotatable bonds is 7. The maximum absolute atomic E-state index is 5.49. The third-order valence-electron chi connectivity index (χ3n) is 3.92. The summed E-state index contributed by atoms with van der Waals surface area (Å²) in [7, 11) is 5.43. The number of ether oxygens (including phenoxy) is 2. The summed E-state index contributed by atoms with van der Waals surface area (Å²) in [5.41, 5.74) is 3.36. The Morgan fingerprint density at radius 2 is 1.80 bits per heavy atom. The lowest BCUT2D eigenvalue weighted by atomic mass is 10.2. The fourth-order valence-corrected chi connectivity index (χ4v) is 3.55. The van der Waals surface area contributed by atoms with Crippen LogP contribution in [0, 0.1) is 0 Å². The first-order valence-corrected chi connectivity index (χ1v) is 8.97. The zero-order valence-electron chi connectivity index (χ0n) is 14.7. The Labute approximate surface area is 152 Å². The van der Waals surface area contributed by atoms with Crippen molar-refractivity contribution in [2.45, 2.75) is 13.1 Å². The van der Waals surface area contributed by atoms with Crippen LogP contribution in [0.3, 0.4) is 0 Å². The summed E-state index contributed by atoms with van der Waals surface area (Å²) in [4.78, 5) is 7.05. The van der Waals surface area contributed by atoms with E-state index in [1.165, 1.54) is 5.56 Å². The minimum absolute atomic E-state index is 0.776. The van der Waals surface area contributed by atoms with E-state index in [1.54, 1.807) is 25.6 Å². The van der Waals surface area contributed by atoms with Crippen LogP contribution in [0.25, 0.3) is 10.6 Å². The summed E-state index contributed by atoms with van der Waals surface area (Å²) in [5.74, 6) is 1.55. The second kappa shape index (κ2) is 8.14. The van der Waals surface area contributed by atoms with Gasteiger partial charge in [-0.15, -0.1) is 11.3 Å². The molecule has 0 saturated carbocycles. The van der Waals surface area contributed by atoms with Crippen molar-refractivity contribution in [1.29, 1.82) is 0 Å². The van der Waals surface area contributed by atoms with Gasteiger partial charge in [0.25, 0.3) is 0 Å². The largest absolute Gasteiger partial charge is 0.497 e. The number of aromatic nitrogens is 1. The first-order valence-electron chi connectivity index (χ1n) is 8.09. The van der Waals surface area contributed by atoms with Gasteiger partial charge in [0, 0.05) is 24.5 Å². The average molecular weight is 354 g/mol. The van der Waals surface area contributed by atoms with Crippen LogP contribution in [0.15, 0.2) is 53.9 Å². The highest BCUT2D eigenvalue weighted by Gasteiger charge is 2.12. The van der Waals surface area contributed by atoms with E-state index in [4.69, 9.17) is 14.5 Å². The molecule has 25 heavy (non-hydrogen) atoms. The van der Waals surface area contributed by atoms with Gasteiger partial charge in [0.2, 0.25) is 0 Å². The summed E-state index contributed by atoms with van der Waals surface area (Å²) in [6, 6.07) is 16.3. The number of hydrogen-bond donors (Lipinski definition) is 0. The lowest BCUT2D eigenvalue weighted by molar-refractivity contribution is 0.316. The molecule has 1 aromatic heterocycles. The van der Waals surface area contributed by atoms with Gasteiger partial charge in [-0.05, 0) is 24.7 Å². The maximum Gasteiger partial charge on any atom is 0.132 e. The normalized spacial score (nSPS) is 10.9. The predicted octanol–water partition coefficient (Wildman–Crippen LogP) is 4.46. The summed E-state index contributed by atoms with van der Waals surface area (Å²) in [5, 5.41) is 3.07. The monoisotopic (exact) mass is 354 g/mol. The number of hydrogen-bond acceptors (Lipinski definition) is 5. The molecule has 0 unspecified atom stereocenters.